The number of amides is 5. The van der Waals surface area contributed by atoms with Crippen molar-refractivity contribution in [3.8, 4) is 0 Å². The van der Waals surface area contributed by atoms with Gasteiger partial charge in [0.25, 0.3) is 11.5 Å². The van der Waals surface area contributed by atoms with Crippen LogP contribution in [0.5, 0.6) is 0 Å². The van der Waals surface area contributed by atoms with Crippen molar-refractivity contribution in [2.75, 3.05) is 25.6 Å². The molecule has 6 atom stereocenters. The van der Waals surface area contributed by atoms with Gasteiger partial charge in [0.1, 0.15) is 69.6 Å². The van der Waals surface area contributed by atoms with Crippen LogP contribution in [0.25, 0.3) is 0 Å². The topological polar surface area (TPSA) is 417 Å². The quantitative estimate of drug-likeness (QED) is 0.0187. The van der Waals surface area contributed by atoms with Crippen molar-refractivity contribution in [2.45, 2.75) is 278 Å². The third-order valence-electron chi connectivity index (χ3n) is 12.9. The molecule has 96 heavy (non-hydrogen) atoms. The lowest BCUT2D eigenvalue weighted by Gasteiger charge is -2.28. The number of hydrogen-bond acceptors (Lipinski definition) is 23. The summed E-state index contributed by atoms with van der Waals surface area (Å²) in [6.45, 7) is 29.1. The van der Waals surface area contributed by atoms with E-state index in [9.17, 15) is 57.5 Å². The molecule has 1 aromatic heterocycles. The number of nitrogens with zero attached hydrogens (tertiary/aromatic N) is 3. The molecule has 0 bridgehead atoms. The second-order valence-corrected chi connectivity index (χ2v) is 29.5. The molecule has 2 aromatic rings. The zero-order valence-corrected chi connectivity index (χ0v) is 59.9. The van der Waals surface area contributed by atoms with E-state index in [1.807, 2.05) is 0 Å². The van der Waals surface area contributed by atoms with E-state index in [0.717, 1.165) is 5.56 Å². The molecule has 0 aliphatic carbocycles. The number of H-pyrrole nitrogens is 1. The molecular weight excluding hydrogens is 1250 g/mol. The number of hydrazone groups is 1. The van der Waals surface area contributed by atoms with Crippen LogP contribution in [0.4, 0.5) is 11.8 Å². The van der Waals surface area contributed by atoms with E-state index >= 15 is 0 Å². The first kappa shape index (κ1) is 83.4. The Morgan fingerprint density at radius 3 is 1.10 bits per heavy atom. The number of carbonyl (C=O) groups is 11. The van der Waals surface area contributed by atoms with Crippen LogP contribution in [-0.2, 0) is 82.8 Å². The first-order valence-electron chi connectivity index (χ1n) is 32.2. The van der Waals surface area contributed by atoms with Crippen LogP contribution in [-0.4, -0.2) is 164 Å². The first-order chi connectivity index (χ1) is 43.9. The molecule has 5 amide bonds. The highest BCUT2D eigenvalue weighted by atomic mass is 16.6. The molecule has 0 saturated carbocycles. The first-order valence-corrected chi connectivity index (χ1v) is 32.2. The summed E-state index contributed by atoms with van der Waals surface area (Å²) in [5, 5.41) is 18.9. The summed E-state index contributed by atoms with van der Waals surface area (Å²) in [5.74, 6) is -10.3. The Balaban J connectivity index is 2.76. The van der Waals surface area contributed by atoms with Crippen LogP contribution in [0, 0.1) is 0 Å². The van der Waals surface area contributed by atoms with Crippen molar-refractivity contribution in [1.29, 1.82) is 0 Å². The molecule has 0 spiro atoms. The van der Waals surface area contributed by atoms with E-state index in [0.29, 0.717) is 12.8 Å². The van der Waals surface area contributed by atoms with Gasteiger partial charge in [0.15, 0.2) is 0 Å². The number of aromatic nitrogens is 2. The van der Waals surface area contributed by atoms with Crippen molar-refractivity contribution in [3.63, 3.8) is 0 Å². The minimum atomic E-state index is -1.76. The summed E-state index contributed by atoms with van der Waals surface area (Å²) in [4.78, 5) is 172. The van der Waals surface area contributed by atoms with Crippen molar-refractivity contribution in [3.05, 3.63) is 51.3 Å². The van der Waals surface area contributed by atoms with Gasteiger partial charge in [-0.25, -0.2) is 4.79 Å². The molecule has 1 unspecified atom stereocenters. The third kappa shape index (κ3) is 35.2. The summed E-state index contributed by atoms with van der Waals surface area (Å²) in [7, 11) is 3.48. The number of nitrogens with one attached hydrogen (secondary N) is 6. The van der Waals surface area contributed by atoms with Gasteiger partial charge in [0, 0.05) is 63.9 Å². The van der Waals surface area contributed by atoms with Gasteiger partial charge in [-0.1, -0.05) is 12.1 Å². The van der Waals surface area contributed by atoms with Crippen LogP contribution in [0.15, 0.2) is 34.2 Å². The molecule has 0 saturated heterocycles. The van der Waals surface area contributed by atoms with Crippen LogP contribution < -0.4 is 43.6 Å². The van der Waals surface area contributed by atoms with Gasteiger partial charge in [-0.15, -0.1) is 0 Å². The average Bonchev–Trinajstić information content (AvgIpc) is 0.890. The van der Waals surface area contributed by atoms with Crippen molar-refractivity contribution in [2.24, 2.45) is 5.10 Å². The molecule has 0 fully saturated rings. The van der Waals surface area contributed by atoms with Crippen LogP contribution in [0.1, 0.15) is 229 Å². The lowest BCUT2D eigenvalue weighted by molar-refractivity contribution is -0.161. The van der Waals surface area contributed by atoms with Crippen LogP contribution in [0.3, 0.4) is 0 Å². The number of anilines is 2. The predicted molar refractivity (Wildman–Crippen MR) is 358 cm³/mol. The molecule has 2 rings (SSSR count). The molecule has 1 aromatic carbocycles. The van der Waals surface area contributed by atoms with E-state index in [-0.39, 0.29) is 54.5 Å². The minimum absolute atomic E-state index is 0.0119. The highest BCUT2D eigenvalue weighted by Crippen LogP contribution is 2.24. The van der Waals surface area contributed by atoms with E-state index in [4.69, 9.17) is 39.9 Å². The van der Waals surface area contributed by atoms with E-state index in [2.05, 4.69) is 41.7 Å². The zero-order chi connectivity index (χ0) is 73.5. The fourth-order valence-corrected chi connectivity index (χ4v) is 9.00. The lowest BCUT2D eigenvalue weighted by Crippen LogP contribution is -2.59. The molecule has 29 heteroatoms. The van der Waals surface area contributed by atoms with Crippen molar-refractivity contribution < 1.29 is 81.2 Å². The number of esters is 6. The Morgan fingerprint density at radius 1 is 0.479 bits per heavy atom. The number of nitrogens with two attached hydrogens (primary N) is 2. The summed E-state index contributed by atoms with van der Waals surface area (Å²) in [5.41, 5.74) is 6.38. The fraction of sp³-hybridized carbons (Fsp3) is 0.672. The molecule has 0 aliphatic heterocycles. The zero-order valence-electron chi connectivity index (χ0n) is 59.9. The number of hydrogen-bond donors (Lipinski definition) is 8. The maximum atomic E-state index is 14.9. The summed E-state index contributed by atoms with van der Waals surface area (Å²) >= 11 is 0. The molecular formula is C67H107N11O18. The van der Waals surface area contributed by atoms with Crippen molar-refractivity contribution in [1.82, 2.24) is 41.6 Å². The van der Waals surface area contributed by atoms with E-state index in [1.54, 1.807) is 162 Å². The Bertz CT molecular complexity index is 3100. The molecule has 10 N–H and O–H groups in total. The molecule has 0 aliphatic rings. The van der Waals surface area contributed by atoms with Gasteiger partial charge >= 0.3 is 35.8 Å². The van der Waals surface area contributed by atoms with Gasteiger partial charge in [-0.05, 0) is 194 Å². The number of rotatable bonds is 33. The summed E-state index contributed by atoms with van der Waals surface area (Å²) < 4.78 is 33.1. The summed E-state index contributed by atoms with van der Waals surface area (Å²) in [6, 6.07) is -1.90. The summed E-state index contributed by atoms with van der Waals surface area (Å²) in [6.07, 6.45) is -1.53. The monoisotopic (exact) mass is 1350 g/mol. The Hall–Kier alpha value is -8.66. The lowest BCUT2D eigenvalue weighted by atomic mass is 9.93. The normalized spacial score (nSPS) is 14.0. The third-order valence-corrected chi connectivity index (χ3v) is 12.9. The van der Waals surface area contributed by atoms with Crippen molar-refractivity contribution >= 4 is 83.3 Å². The average molecular weight is 1350 g/mol. The number of ether oxygens (including phenoxy) is 6. The van der Waals surface area contributed by atoms with Crippen LogP contribution in [0.2, 0.25) is 0 Å². The Morgan fingerprint density at radius 2 is 0.792 bits per heavy atom. The number of aromatic amines is 1. The highest BCUT2D eigenvalue weighted by molar-refractivity contribution is 5.99. The molecule has 538 valence electrons. The maximum Gasteiger partial charge on any atom is 0.329 e. The molecule has 1 heterocycles. The van der Waals surface area contributed by atoms with Crippen LogP contribution >= 0.6 is 0 Å². The van der Waals surface area contributed by atoms with Gasteiger partial charge in [-0.3, -0.25) is 57.7 Å². The van der Waals surface area contributed by atoms with E-state index in [1.165, 1.54) is 12.1 Å². The predicted octanol–water partition coefficient (Wildman–Crippen LogP) is 5.58. The second kappa shape index (κ2) is 36.5. The number of benzene rings is 1. The fourth-order valence-electron chi connectivity index (χ4n) is 9.00. The number of carbonyl (C=O) groups excluding carboxylic acids is 11. The highest BCUT2D eigenvalue weighted by Gasteiger charge is 2.37. The standard InChI is InChI=1S/C67H107N11O18/c1-62(2,3)91-48(79)33-28-43(71-54(84)40-26-24-39(25-27-40)41(38-70-78(19)20)22-21-23-42-53(68)76-61(69)77-55(42)85)56(86)72-44(29-34-49(80)92-63(4,5)6)57(87)73-45(30-35-50(81)93-64(7,8)9)58(88)74-46(31-36-51(82)94-65(10,11)12)59(89)75-47(60(90)96-67(16,17)18)32-37-52(83)95-66(13,14)15/h24-27,38,41,43-47H,21-23,28-37H2,1-20H3,(H,71,84)(H,72,86)(H,73,87)(H,74,88)(H,75,89)(H5,68,69,76,77,85)/t41?,43-,44-,45-,46-,47-/m0/s1. The SMILES string of the molecule is CN(C)N=CC(CCCc1c(N)nc(N)[nH]c1=O)c1ccc(C(=O)N[C@@H](CCC(=O)OC(C)(C)C)C(=O)N[C@@H](CCC(=O)OC(C)(C)C)C(=O)N[C@@H](CCC(=O)OC(C)(C)C)C(=O)N[C@@H](CCC(=O)OC(C)(C)C)C(=O)N[C@@H](CCC(=O)OC(C)(C)C)C(=O)OC(C)(C)C)cc1. The maximum absolute atomic E-state index is 14.9. The van der Waals surface area contributed by atoms with Gasteiger partial charge < -0.3 is 71.5 Å². The van der Waals surface area contributed by atoms with E-state index < -0.39 is 180 Å². The second-order valence-electron chi connectivity index (χ2n) is 29.5. The van der Waals surface area contributed by atoms with Gasteiger partial charge in [0.2, 0.25) is 29.6 Å². The minimum Gasteiger partial charge on any atom is -0.460 e. The Labute approximate surface area is 563 Å². The van der Waals surface area contributed by atoms with Gasteiger partial charge in [0.05, 0.1) is 5.56 Å². The molecule has 0 radical (unpaired) electrons. The van der Waals surface area contributed by atoms with Gasteiger partial charge in [-0.2, -0.15) is 10.1 Å². The largest absolute Gasteiger partial charge is 0.460 e. The molecule has 29 nitrogen and oxygen atoms in total. The Kier molecular flexibility index (Phi) is 31.7. The smallest absolute Gasteiger partial charge is 0.329 e. The number of nitrogen functional groups attached to an aromatic ring is 2.